The van der Waals surface area contributed by atoms with Gasteiger partial charge in [-0.25, -0.2) is 0 Å². The maximum absolute atomic E-state index is 5.11. The SMILES string of the molecule is CC(CNC(C)(C)C)C(C)N(C)Cc1ccoc1. The molecule has 18 heavy (non-hydrogen) atoms. The van der Waals surface area contributed by atoms with Crippen LogP contribution in [0.3, 0.4) is 0 Å². The van der Waals surface area contributed by atoms with E-state index in [4.69, 9.17) is 4.42 Å². The number of furan rings is 1. The lowest BCUT2D eigenvalue weighted by molar-refractivity contribution is 0.182. The molecule has 0 aromatic carbocycles. The van der Waals surface area contributed by atoms with E-state index < -0.39 is 0 Å². The van der Waals surface area contributed by atoms with E-state index in [-0.39, 0.29) is 5.54 Å². The first-order chi connectivity index (χ1) is 8.29. The minimum Gasteiger partial charge on any atom is -0.472 e. The average molecular weight is 252 g/mol. The van der Waals surface area contributed by atoms with Crippen molar-refractivity contribution in [1.82, 2.24) is 10.2 Å². The Morgan fingerprint density at radius 3 is 2.50 bits per heavy atom. The molecule has 0 bridgehead atoms. The summed E-state index contributed by atoms with van der Waals surface area (Å²) in [6.07, 6.45) is 3.56. The van der Waals surface area contributed by atoms with Gasteiger partial charge >= 0.3 is 0 Å². The zero-order chi connectivity index (χ0) is 13.8. The molecule has 0 fully saturated rings. The van der Waals surface area contributed by atoms with Gasteiger partial charge in [-0.15, -0.1) is 0 Å². The van der Waals surface area contributed by atoms with E-state index in [0.717, 1.165) is 13.1 Å². The average Bonchev–Trinajstić information content (AvgIpc) is 2.76. The molecular formula is C15H28N2O. The predicted octanol–water partition coefficient (Wildman–Crippen LogP) is 3.12. The van der Waals surface area contributed by atoms with Crippen molar-refractivity contribution in [2.75, 3.05) is 13.6 Å². The Morgan fingerprint density at radius 1 is 1.33 bits per heavy atom. The Morgan fingerprint density at radius 2 is 2.00 bits per heavy atom. The van der Waals surface area contributed by atoms with Gasteiger partial charge in [0.2, 0.25) is 0 Å². The van der Waals surface area contributed by atoms with Crippen molar-refractivity contribution in [3.8, 4) is 0 Å². The highest BCUT2D eigenvalue weighted by Gasteiger charge is 2.19. The van der Waals surface area contributed by atoms with Crippen molar-refractivity contribution in [2.45, 2.75) is 52.7 Å². The third-order valence-corrected chi connectivity index (χ3v) is 3.49. The lowest BCUT2D eigenvalue weighted by atomic mass is 10.00. The second-order valence-electron chi connectivity index (χ2n) is 6.40. The van der Waals surface area contributed by atoms with Crippen molar-refractivity contribution in [3.05, 3.63) is 24.2 Å². The zero-order valence-corrected chi connectivity index (χ0v) is 12.7. The molecule has 2 unspecified atom stereocenters. The Balaban J connectivity index is 2.40. The van der Waals surface area contributed by atoms with E-state index >= 15 is 0 Å². The van der Waals surface area contributed by atoms with Gasteiger partial charge in [-0.3, -0.25) is 4.90 Å². The molecule has 3 heteroatoms. The summed E-state index contributed by atoms with van der Waals surface area (Å²) in [6.45, 7) is 13.2. The van der Waals surface area contributed by atoms with E-state index in [2.05, 4.69) is 51.9 Å². The van der Waals surface area contributed by atoms with Crippen LogP contribution in [0.4, 0.5) is 0 Å². The summed E-state index contributed by atoms with van der Waals surface area (Å²) in [5.41, 5.74) is 1.43. The van der Waals surface area contributed by atoms with Crippen LogP contribution in [0.25, 0.3) is 0 Å². The number of nitrogens with zero attached hydrogens (tertiary/aromatic N) is 1. The van der Waals surface area contributed by atoms with E-state index in [9.17, 15) is 0 Å². The Hall–Kier alpha value is -0.800. The van der Waals surface area contributed by atoms with Gasteiger partial charge in [0.25, 0.3) is 0 Å². The number of nitrogens with one attached hydrogen (secondary N) is 1. The molecule has 0 aliphatic heterocycles. The summed E-state index contributed by atoms with van der Waals surface area (Å²) < 4.78 is 5.11. The zero-order valence-electron chi connectivity index (χ0n) is 12.7. The van der Waals surface area contributed by atoms with Crippen LogP contribution in [0.2, 0.25) is 0 Å². The molecule has 104 valence electrons. The third kappa shape index (κ3) is 5.23. The minimum atomic E-state index is 0.192. The van der Waals surface area contributed by atoms with E-state index in [0.29, 0.717) is 12.0 Å². The molecule has 1 rings (SSSR count). The molecule has 0 aliphatic carbocycles. The van der Waals surface area contributed by atoms with Gasteiger partial charge in [-0.2, -0.15) is 0 Å². The van der Waals surface area contributed by atoms with Crippen LogP contribution in [0.15, 0.2) is 23.0 Å². The van der Waals surface area contributed by atoms with Crippen LogP contribution in [0.1, 0.15) is 40.2 Å². The van der Waals surface area contributed by atoms with Crippen molar-refractivity contribution < 1.29 is 4.42 Å². The van der Waals surface area contributed by atoms with Crippen LogP contribution >= 0.6 is 0 Å². The Labute approximate surface area is 112 Å². The lowest BCUT2D eigenvalue weighted by Gasteiger charge is -2.32. The molecule has 3 nitrogen and oxygen atoms in total. The molecule has 0 spiro atoms. The smallest absolute Gasteiger partial charge is 0.0947 e. The summed E-state index contributed by atoms with van der Waals surface area (Å²) in [6, 6.07) is 2.57. The van der Waals surface area contributed by atoms with Gasteiger partial charge in [0.05, 0.1) is 12.5 Å². The van der Waals surface area contributed by atoms with Crippen LogP contribution < -0.4 is 5.32 Å². The second kappa shape index (κ2) is 6.39. The molecule has 0 aliphatic rings. The van der Waals surface area contributed by atoms with Crippen LogP contribution in [0.5, 0.6) is 0 Å². The highest BCUT2D eigenvalue weighted by Crippen LogP contribution is 2.13. The maximum Gasteiger partial charge on any atom is 0.0947 e. The molecule has 0 amide bonds. The quantitative estimate of drug-likeness (QED) is 0.843. The monoisotopic (exact) mass is 252 g/mol. The van der Waals surface area contributed by atoms with E-state index in [1.165, 1.54) is 5.56 Å². The van der Waals surface area contributed by atoms with Gasteiger partial charge in [-0.1, -0.05) is 6.92 Å². The van der Waals surface area contributed by atoms with Crippen molar-refractivity contribution in [1.29, 1.82) is 0 Å². The fraction of sp³-hybridized carbons (Fsp3) is 0.733. The number of rotatable bonds is 6. The molecule has 0 saturated carbocycles. The number of hydrogen-bond acceptors (Lipinski definition) is 3. The largest absolute Gasteiger partial charge is 0.472 e. The fourth-order valence-electron chi connectivity index (χ4n) is 1.89. The summed E-state index contributed by atoms with van der Waals surface area (Å²) >= 11 is 0. The maximum atomic E-state index is 5.11. The summed E-state index contributed by atoms with van der Waals surface area (Å²) in [4.78, 5) is 2.37. The van der Waals surface area contributed by atoms with Gasteiger partial charge in [0.1, 0.15) is 0 Å². The summed E-state index contributed by atoms with van der Waals surface area (Å²) in [5, 5.41) is 3.57. The Kier molecular flexibility index (Phi) is 5.42. The topological polar surface area (TPSA) is 28.4 Å². The molecule has 1 N–H and O–H groups in total. The van der Waals surface area contributed by atoms with Crippen LogP contribution in [-0.4, -0.2) is 30.1 Å². The standard InChI is InChI=1S/C15H28N2O/c1-12(9-16-15(3,4)5)13(2)17(6)10-14-7-8-18-11-14/h7-8,11-13,16H,9-10H2,1-6H3. The molecule has 1 aromatic heterocycles. The first kappa shape index (κ1) is 15.3. The van der Waals surface area contributed by atoms with E-state index in [1.54, 1.807) is 6.26 Å². The molecular weight excluding hydrogens is 224 g/mol. The van der Waals surface area contributed by atoms with E-state index in [1.807, 2.05) is 12.3 Å². The summed E-state index contributed by atoms with van der Waals surface area (Å²) in [7, 11) is 2.17. The molecule has 0 radical (unpaired) electrons. The molecule has 2 atom stereocenters. The van der Waals surface area contributed by atoms with Gasteiger partial charge in [0, 0.05) is 23.7 Å². The van der Waals surface area contributed by atoms with Crippen LogP contribution in [0, 0.1) is 5.92 Å². The highest BCUT2D eigenvalue weighted by atomic mass is 16.3. The van der Waals surface area contributed by atoms with Crippen molar-refractivity contribution in [2.24, 2.45) is 5.92 Å². The Bertz CT molecular complexity index is 327. The highest BCUT2D eigenvalue weighted by molar-refractivity contribution is 5.05. The van der Waals surface area contributed by atoms with Gasteiger partial charge in [0.15, 0.2) is 0 Å². The normalized spacial score (nSPS) is 15.9. The molecule has 1 aromatic rings. The van der Waals surface area contributed by atoms with Crippen LogP contribution in [-0.2, 0) is 6.54 Å². The third-order valence-electron chi connectivity index (χ3n) is 3.49. The first-order valence-corrected chi connectivity index (χ1v) is 6.76. The second-order valence-corrected chi connectivity index (χ2v) is 6.40. The lowest BCUT2D eigenvalue weighted by Crippen LogP contribution is -2.44. The van der Waals surface area contributed by atoms with Crippen molar-refractivity contribution >= 4 is 0 Å². The molecule has 0 saturated heterocycles. The number of hydrogen-bond donors (Lipinski definition) is 1. The summed E-state index contributed by atoms with van der Waals surface area (Å²) in [5.74, 6) is 0.612. The molecule has 1 heterocycles. The minimum absolute atomic E-state index is 0.192. The fourth-order valence-corrected chi connectivity index (χ4v) is 1.89. The van der Waals surface area contributed by atoms with Gasteiger partial charge in [-0.05, 0) is 53.3 Å². The first-order valence-electron chi connectivity index (χ1n) is 6.76. The predicted molar refractivity (Wildman–Crippen MR) is 76.6 cm³/mol. The van der Waals surface area contributed by atoms with Crippen molar-refractivity contribution in [3.63, 3.8) is 0 Å². The van der Waals surface area contributed by atoms with Gasteiger partial charge < -0.3 is 9.73 Å².